The molecule has 2 aromatic carbocycles. The van der Waals surface area contributed by atoms with E-state index >= 15 is 0 Å². The average Bonchev–Trinajstić information content (AvgIpc) is 2.61. The molecular weight excluding hydrogens is 372 g/mol. The summed E-state index contributed by atoms with van der Waals surface area (Å²) < 4.78 is 11.7. The van der Waals surface area contributed by atoms with Crippen molar-refractivity contribution < 1.29 is 14.3 Å². The Bertz CT molecular complexity index is 685. The van der Waals surface area contributed by atoms with E-state index in [1.807, 2.05) is 48.5 Å². The Morgan fingerprint density at radius 3 is 2.62 bits per heavy atom. The molecule has 24 heavy (non-hydrogen) atoms. The van der Waals surface area contributed by atoms with Crippen LogP contribution in [0.3, 0.4) is 0 Å². The molecule has 1 aliphatic rings. The van der Waals surface area contributed by atoms with Crippen LogP contribution in [0.15, 0.2) is 53.0 Å². The molecule has 1 heterocycles. The van der Waals surface area contributed by atoms with E-state index in [1.165, 1.54) is 0 Å². The van der Waals surface area contributed by atoms with Crippen LogP contribution in [-0.2, 0) is 9.53 Å². The molecule has 6 heteroatoms. The number of benzene rings is 2. The van der Waals surface area contributed by atoms with Gasteiger partial charge in [-0.05, 0) is 42.5 Å². The number of carbonyl (C=O) groups excluding carboxylic acids is 1. The standard InChI is InChI=1S/C18H19BrN2O3/c19-14-2-1-3-17(12-14)24-13-18(22)20-15-4-6-16(7-5-15)21-8-10-23-11-9-21/h1-7,12H,8-11,13H2,(H,20,22). The van der Waals surface area contributed by atoms with Gasteiger partial charge in [0.1, 0.15) is 5.75 Å². The first-order valence-corrected chi connectivity index (χ1v) is 8.61. The normalized spacial score (nSPS) is 14.3. The van der Waals surface area contributed by atoms with Crippen LogP contribution in [0.1, 0.15) is 0 Å². The number of carbonyl (C=O) groups is 1. The molecule has 0 atom stereocenters. The number of nitrogens with zero attached hydrogens (tertiary/aromatic N) is 1. The van der Waals surface area contributed by atoms with Gasteiger partial charge in [0.05, 0.1) is 13.2 Å². The maximum Gasteiger partial charge on any atom is 0.262 e. The van der Waals surface area contributed by atoms with Crippen molar-refractivity contribution in [3.8, 4) is 5.75 Å². The van der Waals surface area contributed by atoms with Crippen LogP contribution in [-0.4, -0.2) is 38.8 Å². The second-order valence-electron chi connectivity index (χ2n) is 5.44. The van der Waals surface area contributed by atoms with Gasteiger partial charge >= 0.3 is 0 Å². The molecule has 126 valence electrons. The van der Waals surface area contributed by atoms with Gasteiger partial charge in [0.15, 0.2) is 6.61 Å². The first-order chi connectivity index (χ1) is 11.7. The SMILES string of the molecule is O=C(COc1cccc(Br)c1)Nc1ccc(N2CCOCC2)cc1. The van der Waals surface area contributed by atoms with E-state index in [0.29, 0.717) is 5.75 Å². The Balaban J connectivity index is 1.50. The summed E-state index contributed by atoms with van der Waals surface area (Å²) in [5.74, 6) is 0.469. The maximum absolute atomic E-state index is 12.0. The molecule has 5 nitrogen and oxygen atoms in total. The lowest BCUT2D eigenvalue weighted by molar-refractivity contribution is -0.118. The number of hydrogen-bond acceptors (Lipinski definition) is 4. The molecule has 0 saturated carbocycles. The van der Waals surface area contributed by atoms with E-state index in [1.54, 1.807) is 0 Å². The van der Waals surface area contributed by atoms with Crippen molar-refractivity contribution in [3.63, 3.8) is 0 Å². The fraction of sp³-hybridized carbons (Fsp3) is 0.278. The molecule has 3 rings (SSSR count). The Hall–Kier alpha value is -2.05. The van der Waals surface area contributed by atoms with Crippen LogP contribution < -0.4 is 15.0 Å². The third kappa shape index (κ3) is 4.72. The van der Waals surface area contributed by atoms with Gasteiger partial charge in [0, 0.05) is 28.9 Å². The zero-order chi connectivity index (χ0) is 16.8. The Morgan fingerprint density at radius 1 is 1.17 bits per heavy atom. The fourth-order valence-electron chi connectivity index (χ4n) is 2.48. The molecule has 1 saturated heterocycles. The van der Waals surface area contributed by atoms with E-state index in [4.69, 9.17) is 9.47 Å². The van der Waals surface area contributed by atoms with Crippen LogP contribution in [0.5, 0.6) is 5.75 Å². The zero-order valence-electron chi connectivity index (χ0n) is 13.2. The highest BCUT2D eigenvalue weighted by Gasteiger charge is 2.11. The number of nitrogens with one attached hydrogen (secondary N) is 1. The molecule has 1 aliphatic heterocycles. The number of ether oxygens (including phenoxy) is 2. The predicted molar refractivity (Wildman–Crippen MR) is 97.7 cm³/mol. The van der Waals surface area contributed by atoms with E-state index in [9.17, 15) is 4.79 Å². The summed E-state index contributed by atoms with van der Waals surface area (Å²) in [5.41, 5.74) is 1.90. The minimum Gasteiger partial charge on any atom is -0.484 e. The van der Waals surface area contributed by atoms with Crippen LogP contribution in [0, 0.1) is 0 Å². The smallest absolute Gasteiger partial charge is 0.262 e. The first kappa shape index (κ1) is 16.8. The van der Waals surface area contributed by atoms with Crippen molar-refractivity contribution in [2.45, 2.75) is 0 Å². The van der Waals surface area contributed by atoms with E-state index < -0.39 is 0 Å². The summed E-state index contributed by atoms with van der Waals surface area (Å²) in [6, 6.07) is 15.2. The molecule has 0 bridgehead atoms. The van der Waals surface area contributed by atoms with Crippen LogP contribution in [0.25, 0.3) is 0 Å². The maximum atomic E-state index is 12.0. The average molecular weight is 391 g/mol. The van der Waals surface area contributed by atoms with Crippen LogP contribution in [0.4, 0.5) is 11.4 Å². The minimum absolute atomic E-state index is 0.0261. The van der Waals surface area contributed by atoms with Gasteiger partial charge in [-0.25, -0.2) is 0 Å². The lowest BCUT2D eigenvalue weighted by atomic mass is 10.2. The van der Waals surface area contributed by atoms with Crippen LogP contribution in [0.2, 0.25) is 0 Å². The van der Waals surface area contributed by atoms with Gasteiger partial charge in [-0.2, -0.15) is 0 Å². The molecule has 0 unspecified atom stereocenters. The Morgan fingerprint density at radius 2 is 1.92 bits per heavy atom. The second kappa shape index (κ2) is 8.17. The lowest BCUT2D eigenvalue weighted by Gasteiger charge is -2.28. The summed E-state index contributed by atoms with van der Waals surface area (Å²) in [5, 5.41) is 2.84. The number of morpholine rings is 1. The molecule has 1 N–H and O–H groups in total. The highest BCUT2D eigenvalue weighted by atomic mass is 79.9. The largest absolute Gasteiger partial charge is 0.484 e. The van der Waals surface area contributed by atoms with E-state index in [2.05, 4.69) is 26.1 Å². The molecule has 0 aliphatic carbocycles. The Labute approximate surface area is 149 Å². The number of amides is 1. The lowest BCUT2D eigenvalue weighted by Crippen LogP contribution is -2.36. The number of rotatable bonds is 5. The van der Waals surface area contributed by atoms with Gasteiger partial charge in [-0.3, -0.25) is 4.79 Å². The predicted octanol–water partition coefficient (Wildman–Crippen LogP) is 3.30. The summed E-state index contributed by atoms with van der Waals surface area (Å²) >= 11 is 3.37. The van der Waals surface area contributed by atoms with Crippen molar-refractivity contribution in [1.82, 2.24) is 0 Å². The van der Waals surface area contributed by atoms with Crippen molar-refractivity contribution in [2.24, 2.45) is 0 Å². The van der Waals surface area contributed by atoms with Gasteiger partial charge in [0.25, 0.3) is 5.91 Å². The molecule has 1 amide bonds. The van der Waals surface area contributed by atoms with Crippen LogP contribution >= 0.6 is 15.9 Å². The van der Waals surface area contributed by atoms with Crippen molar-refractivity contribution in [2.75, 3.05) is 43.1 Å². The minimum atomic E-state index is -0.186. The molecular formula is C18H19BrN2O3. The summed E-state index contributed by atoms with van der Waals surface area (Å²) in [6.07, 6.45) is 0. The van der Waals surface area contributed by atoms with Gasteiger partial charge in [-0.15, -0.1) is 0 Å². The molecule has 0 radical (unpaired) electrons. The fourth-order valence-corrected chi connectivity index (χ4v) is 2.86. The van der Waals surface area contributed by atoms with Crippen molar-refractivity contribution >= 4 is 33.2 Å². The molecule has 0 aromatic heterocycles. The number of anilines is 2. The summed E-state index contributed by atoms with van der Waals surface area (Å²) in [4.78, 5) is 14.3. The zero-order valence-corrected chi connectivity index (χ0v) is 14.8. The van der Waals surface area contributed by atoms with Gasteiger partial charge in [-0.1, -0.05) is 22.0 Å². The highest BCUT2D eigenvalue weighted by molar-refractivity contribution is 9.10. The highest BCUT2D eigenvalue weighted by Crippen LogP contribution is 2.20. The van der Waals surface area contributed by atoms with E-state index in [0.717, 1.165) is 42.2 Å². The summed E-state index contributed by atoms with van der Waals surface area (Å²) in [7, 11) is 0. The molecule has 0 spiro atoms. The second-order valence-corrected chi connectivity index (χ2v) is 6.36. The first-order valence-electron chi connectivity index (χ1n) is 7.82. The summed E-state index contributed by atoms with van der Waals surface area (Å²) in [6.45, 7) is 3.27. The number of halogens is 1. The van der Waals surface area contributed by atoms with Crippen molar-refractivity contribution in [1.29, 1.82) is 0 Å². The molecule has 2 aromatic rings. The molecule has 1 fully saturated rings. The topological polar surface area (TPSA) is 50.8 Å². The number of hydrogen-bond donors (Lipinski definition) is 1. The van der Waals surface area contributed by atoms with Gasteiger partial charge < -0.3 is 19.7 Å². The van der Waals surface area contributed by atoms with Crippen molar-refractivity contribution in [3.05, 3.63) is 53.0 Å². The van der Waals surface area contributed by atoms with E-state index in [-0.39, 0.29) is 12.5 Å². The monoisotopic (exact) mass is 390 g/mol. The quantitative estimate of drug-likeness (QED) is 0.850. The Kier molecular flexibility index (Phi) is 5.72. The third-order valence-electron chi connectivity index (χ3n) is 3.69. The third-order valence-corrected chi connectivity index (χ3v) is 4.19. The van der Waals surface area contributed by atoms with Gasteiger partial charge in [0.2, 0.25) is 0 Å².